The highest BCUT2D eigenvalue weighted by atomic mass is 35.5. The first-order chi connectivity index (χ1) is 7.58. The van der Waals surface area contributed by atoms with Gasteiger partial charge in [-0.1, -0.05) is 16.8 Å². The monoisotopic (exact) mass is 246 g/mol. The van der Waals surface area contributed by atoms with Crippen molar-refractivity contribution >= 4 is 29.2 Å². The van der Waals surface area contributed by atoms with Crippen molar-refractivity contribution in [3.05, 3.63) is 29.0 Å². The molecule has 1 aliphatic heterocycles. The quantitative estimate of drug-likeness (QED) is 0.737. The molecule has 0 aliphatic carbocycles. The van der Waals surface area contributed by atoms with Gasteiger partial charge in [0.25, 0.3) is 0 Å². The normalized spacial score (nSPS) is 15.8. The fourth-order valence-corrected chi connectivity index (χ4v) is 1.17. The summed E-state index contributed by atoms with van der Waals surface area (Å²) in [5.41, 5.74) is 1.79. The Balaban J connectivity index is 2.25. The molecule has 1 aromatic carbocycles. The summed E-state index contributed by atoms with van der Waals surface area (Å²) in [6.45, 7) is 0. The molecule has 1 saturated heterocycles. The van der Waals surface area contributed by atoms with E-state index in [1.54, 1.807) is 0 Å². The van der Waals surface area contributed by atoms with Gasteiger partial charge in [0.2, 0.25) is 0 Å². The molecule has 8 heteroatoms. The zero-order chi connectivity index (χ0) is 11.7. The van der Waals surface area contributed by atoms with E-state index < -0.39 is 17.8 Å². The lowest BCUT2D eigenvalue weighted by Crippen LogP contribution is -2.49. The van der Waals surface area contributed by atoms with Gasteiger partial charge in [-0.2, -0.15) is 0 Å². The number of hydrogen-bond acceptors (Lipinski definition) is 6. The second-order valence-corrected chi connectivity index (χ2v) is 3.19. The average Bonchev–Trinajstić information content (AvgIpc) is 2.22. The van der Waals surface area contributed by atoms with Gasteiger partial charge in [-0.25, -0.2) is 14.0 Å². The summed E-state index contributed by atoms with van der Waals surface area (Å²) in [4.78, 5) is 30.1. The Labute approximate surface area is 93.4 Å². The van der Waals surface area contributed by atoms with Gasteiger partial charge in [-0.3, -0.25) is 0 Å². The third kappa shape index (κ3) is 1.90. The summed E-state index contributed by atoms with van der Waals surface area (Å²) in [6.07, 6.45) is 0. The highest BCUT2D eigenvalue weighted by Crippen LogP contribution is 2.22. The lowest BCUT2D eigenvalue weighted by atomic mass is 10.3. The molecule has 0 bridgehead atoms. The SMILES string of the molecule is O=C1ONN(c2ccc(Cl)cc2F)OC1=O. The molecule has 0 saturated carbocycles. The van der Waals surface area contributed by atoms with E-state index in [0.29, 0.717) is 5.17 Å². The van der Waals surface area contributed by atoms with E-state index in [1.165, 1.54) is 12.1 Å². The minimum absolute atomic E-state index is 0.148. The number of rotatable bonds is 1. The minimum atomic E-state index is -1.26. The highest BCUT2D eigenvalue weighted by Gasteiger charge is 2.30. The van der Waals surface area contributed by atoms with Crippen molar-refractivity contribution in [2.75, 3.05) is 5.17 Å². The maximum absolute atomic E-state index is 13.4. The molecular formula is C8H4ClFN2O4. The van der Waals surface area contributed by atoms with Crippen molar-refractivity contribution in [2.24, 2.45) is 0 Å². The van der Waals surface area contributed by atoms with Crippen LogP contribution in [0.3, 0.4) is 0 Å². The van der Waals surface area contributed by atoms with Gasteiger partial charge in [0.15, 0.2) is 5.82 Å². The molecule has 6 nitrogen and oxygen atoms in total. The summed E-state index contributed by atoms with van der Waals surface area (Å²) >= 11 is 5.54. The molecule has 84 valence electrons. The molecule has 1 aromatic rings. The van der Waals surface area contributed by atoms with Gasteiger partial charge in [0.05, 0.1) is 0 Å². The number of benzene rings is 1. The summed E-state index contributed by atoms with van der Waals surface area (Å²) in [5, 5.41) is 0.761. The van der Waals surface area contributed by atoms with Crippen LogP contribution in [0.15, 0.2) is 18.2 Å². The van der Waals surface area contributed by atoms with Gasteiger partial charge in [0, 0.05) is 5.02 Å². The first-order valence-corrected chi connectivity index (χ1v) is 4.39. The smallest absolute Gasteiger partial charge is 0.338 e. The van der Waals surface area contributed by atoms with Crippen LogP contribution in [-0.4, -0.2) is 11.9 Å². The first kappa shape index (κ1) is 10.7. The number of carbonyl (C=O) groups excluding carboxylic acids is 2. The lowest BCUT2D eigenvalue weighted by molar-refractivity contribution is -0.192. The van der Waals surface area contributed by atoms with Gasteiger partial charge < -0.3 is 9.68 Å². The van der Waals surface area contributed by atoms with Crippen molar-refractivity contribution in [1.29, 1.82) is 0 Å². The van der Waals surface area contributed by atoms with Crippen LogP contribution in [-0.2, 0) is 19.3 Å². The van der Waals surface area contributed by atoms with Gasteiger partial charge in [0.1, 0.15) is 5.69 Å². The van der Waals surface area contributed by atoms with Crippen LogP contribution in [0.1, 0.15) is 0 Å². The molecule has 1 fully saturated rings. The summed E-state index contributed by atoms with van der Waals surface area (Å²) in [6, 6.07) is 3.64. The van der Waals surface area contributed by atoms with Crippen LogP contribution < -0.4 is 10.8 Å². The molecule has 16 heavy (non-hydrogen) atoms. The Bertz CT molecular complexity index is 467. The second kappa shape index (κ2) is 3.95. The van der Waals surface area contributed by atoms with Crippen molar-refractivity contribution in [3.63, 3.8) is 0 Å². The molecule has 0 radical (unpaired) electrons. The van der Waals surface area contributed by atoms with E-state index in [1.807, 2.05) is 5.59 Å². The predicted octanol–water partition coefficient (Wildman–Crippen LogP) is 0.720. The molecule has 0 atom stereocenters. The molecule has 1 N–H and O–H groups in total. The number of anilines is 1. The first-order valence-electron chi connectivity index (χ1n) is 4.02. The lowest BCUT2D eigenvalue weighted by Gasteiger charge is -2.25. The fourth-order valence-electron chi connectivity index (χ4n) is 1.01. The number of nitrogens with one attached hydrogen (secondary N) is 1. The van der Waals surface area contributed by atoms with Crippen LogP contribution in [0, 0.1) is 5.82 Å². The summed E-state index contributed by atoms with van der Waals surface area (Å²) in [7, 11) is 0. The van der Waals surface area contributed by atoms with Gasteiger partial charge in [-0.15, -0.1) is 0 Å². The van der Waals surface area contributed by atoms with Crippen molar-refractivity contribution in [3.8, 4) is 0 Å². The maximum Gasteiger partial charge on any atom is 0.444 e. The predicted molar refractivity (Wildman–Crippen MR) is 49.2 cm³/mol. The van der Waals surface area contributed by atoms with E-state index >= 15 is 0 Å². The number of nitrogens with zero attached hydrogens (tertiary/aromatic N) is 1. The Morgan fingerprint density at radius 3 is 2.69 bits per heavy atom. The van der Waals surface area contributed by atoms with E-state index in [9.17, 15) is 14.0 Å². The van der Waals surface area contributed by atoms with Crippen molar-refractivity contribution in [2.45, 2.75) is 0 Å². The van der Waals surface area contributed by atoms with E-state index in [2.05, 4.69) is 9.68 Å². The Morgan fingerprint density at radius 2 is 2.06 bits per heavy atom. The van der Waals surface area contributed by atoms with Gasteiger partial charge >= 0.3 is 11.9 Å². The molecule has 0 aromatic heterocycles. The van der Waals surface area contributed by atoms with Crippen LogP contribution in [0.2, 0.25) is 5.02 Å². The van der Waals surface area contributed by atoms with Crippen LogP contribution in [0.5, 0.6) is 0 Å². The molecule has 0 unspecified atom stereocenters. The second-order valence-electron chi connectivity index (χ2n) is 2.75. The Kier molecular flexibility index (Phi) is 2.63. The third-order valence-corrected chi connectivity index (χ3v) is 1.93. The Morgan fingerprint density at radius 1 is 1.31 bits per heavy atom. The maximum atomic E-state index is 13.4. The van der Waals surface area contributed by atoms with E-state index in [0.717, 1.165) is 6.07 Å². The molecule has 1 aliphatic rings. The molecule has 0 amide bonds. The zero-order valence-electron chi connectivity index (χ0n) is 7.57. The molecule has 0 spiro atoms. The van der Waals surface area contributed by atoms with Crippen LogP contribution >= 0.6 is 11.6 Å². The van der Waals surface area contributed by atoms with Crippen LogP contribution in [0.4, 0.5) is 10.1 Å². The minimum Gasteiger partial charge on any atom is -0.338 e. The number of halogens is 2. The number of hydrogen-bond donors (Lipinski definition) is 1. The standard InChI is InChI=1S/C8H4ClFN2O4/c9-4-1-2-6(5(10)3-4)12-11-15-7(13)8(14)16-12/h1-3,11H. The number of carbonyl (C=O) groups is 2. The van der Waals surface area contributed by atoms with Crippen LogP contribution in [0.25, 0.3) is 0 Å². The van der Waals surface area contributed by atoms with Crippen molar-refractivity contribution < 1.29 is 23.7 Å². The average molecular weight is 247 g/mol. The number of hydrazine groups is 1. The zero-order valence-corrected chi connectivity index (χ0v) is 8.32. The summed E-state index contributed by atoms with van der Waals surface area (Å²) in [5.74, 6) is -3.22. The van der Waals surface area contributed by atoms with Gasteiger partial charge in [-0.05, 0) is 23.8 Å². The van der Waals surface area contributed by atoms with E-state index in [4.69, 9.17) is 11.6 Å². The topological polar surface area (TPSA) is 67.9 Å². The summed E-state index contributed by atoms with van der Waals surface area (Å²) < 4.78 is 13.4. The molecule has 1 heterocycles. The molecule has 2 rings (SSSR count). The van der Waals surface area contributed by atoms with E-state index in [-0.39, 0.29) is 10.7 Å². The Hall–Kier alpha value is -1.86. The fraction of sp³-hybridized carbons (Fsp3) is 0. The highest BCUT2D eigenvalue weighted by molar-refractivity contribution is 6.31. The third-order valence-electron chi connectivity index (χ3n) is 1.69. The van der Waals surface area contributed by atoms with Crippen molar-refractivity contribution in [1.82, 2.24) is 5.59 Å². The molecular weight excluding hydrogens is 243 g/mol. The largest absolute Gasteiger partial charge is 0.444 e.